The van der Waals surface area contributed by atoms with Gasteiger partial charge < -0.3 is 10.1 Å². The standard InChI is InChI=1S/C22H26ClN3O4/c1-4-5-6-19(27)24-17-9-7-16(8-10-17)22(29)26-25-20(28)13-30-18-11-14(2)21(23)15(3)12-18/h7-12H,4-6,13H2,1-3H3,(H,24,27)(H,25,28)(H,26,29). The molecule has 2 aromatic carbocycles. The summed E-state index contributed by atoms with van der Waals surface area (Å²) in [6.45, 7) is 5.46. The van der Waals surface area contributed by atoms with Gasteiger partial charge in [-0.2, -0.15) is 0 Å². The van der Waals surface area contributed by atoms with Crippen molar-refractivity contribution in [3.8, 4) is 5.75 Å². The first-order valence-corrected chi connectivity index (χ1v) is 10.1. The lowest BCUT2D eigenvalue weighted by Crippen LogP contribution is -2.43. The topological polar surface area (TPSA) is 96.5 Å². The van der Waals surface area contributed by atoms with E-state index in [9.17, 15) is 14.4 Å². The minimum Gasteiger partial charge on any atom is -0.484 e. The molecular weight excluding hydrogens is 406 g/mol. The SMILES string of the molecule is CCCCC(=O)Nc1ccc(C(=O)NNC(=O)COc2cc(C)c(Cl)c(C)c2)cc1. The van der Waals surface area contributed by atoms with E-state index < -0.39 is 11.8 Å². The molecule has 3 amide bonds. The molecule has 0 unspecified atom stereocenters. The number of hydrogen-bond acceptors (Lipinski definition) is 4. The number of unbranched alkanes of at least 4 members (excludes halogenated alkanes) is 1. The first-order valence-electron chi connectivity index (χ1n) is 9.68. The monoisotopic (exact) mass is 431 g/mol. The zero-order valence-electron chi connectivity index (χ0n) is 17.3. The molecule has 0 aliphatic carbocycles. The molecule has 0 saturated carbocycles. The van der Waals surface area contributed by atoms with Gasteiger partial charge in [0.15, 0.2) is 6.61 Å². The molecule has 30 heavy (non-hydrogen) atoms. The van der Waals surface area contributed by atoms with Crippen LogP contribution in [0.1, 0.15) is 47.7 Å². The first-order chi connectivity index (χ1) is 14.3. The molecule has 7 nitrogen and oxygen atoms in total. The average Bonchev–Trinajstić information content (AvgIpc) is 2.73. The quantitative estimate of drug-likeness (QED) is 0.552. The summed E-state index contributed by atoms with van der Waals surface area (Å²) in [6.07, 6.45) is 2.23. The van der Waals surface area contributed by atoms with E-state index in [1.54, 1.807) is 36.4 Å². The van der Waals surface area contributed by atoms with E-state index in [-0.39, 0.29) is 12.5 Å². The Hall–Kier alpha value is -3.06. The van der Waals surface area contributed by atoms with E-state index in [1.807, 2.05) is 20.8 Å². The number of rotatable bonds is 8. The second kappa shape index (κ2) is 11.2. The fraction of sp³-hybridized carbons (Fsp3) is 0.318. The Balaban J connectivity index is 1.79. The highest BCUT2D eigenvalue weighted by Crippen LogP contribution is 2.25. The zero-order chi connectivity index (χ0) is 22.1. The first kappa shape index (κ1) is 23.2. The molecule has 8 heteroatoms. The van der Waals surface area contributed by atoms with Crippen molar-refractivity contribution in [1.29, 1.82) is 0 Å². The normalized spacial score (nSPS) is 10.3. The number of aryl methyl sites for hydroxylation is 2. The maximum atomic E-state index is 12.2. The minimum atomic E-state index is -0.506. The Morgan fingerprint density at radius 2 is 1.60 bits per heavy atom. The van der Waals surface area contributed by atoms with Gasteiger partial charge in [-0.15, -0.1) is 0 Å². The van der Waals surface area contributed by atoms with Crippen molar-refractivity contribution in [2.45, 2.75) is 40.0 Å². The van der Waals surface area contributed by atoms with Crippen molar-refractivity contribution in [3.63, 3.8) is 0 Å². The summed E-state index contributed by atoms with van der Waals surface area (Å²) in [7, 11) is 0. The minimum absolute atomic E-state index is 0.0626. The van der Waals surface area contributed by atoms with Gasteiger partial charge in [0, 0.05) is 22.7 Å². The van der Waals surface area contributed by atoms with Gasteiger partial charge in [0.1, 0.15) is 5.75 Å². The van der Waals surface area contributed by atoms with Crippen molar-refractivity contribution in [1.82, 2.24) is 10.9 Å². The van der Waals surface area contributed by atoms with Crippen LogP contribution in [0.25, 0.3) is 0 Å². The number of benzene rings is 2. The Kier molecular flexibility index (Phi) is 8.68. The van der Waals surface area contributed by atoms with Gasteiger partial charge in [-0.25, -0.2) is 0 Å². The summed E-state index contributed by atoms with van der Waals surface area (Å²) in [5, 5.41) is 3.43. The third-order valence-corrected chi connectivity index (χ3v) is 4.88. The van der Waals surface area contributed by atoms with Crippen molar-refractivity contribution in [2.75, 3.05) is 11.9 Å². The van der Waals surface area contributed by atoms with Crippen LogP contribution in [-0.2, 0) is 9.59 Å². The Morgan fingerprint density at radius 1 is 0.967 bits per heavy atom. The van der Waals surface area contributed by atoms with Crippen LogP contribution < -0.4 is 20.9 Å². The molecule has 0 aliphatic heterocycles. The van der Waals surface area contributed by atoms with Crippen LogP contribution in [0.4, 0.5) is 5.69 Å². The van der Waals surface area contributed by atoms with Crippen LogP contribution in [0.3, 0.4) is 0 Å². The summed E-state index contributed by atoms with van der Waals surface area (Å²) < 4.78 is 5.44. The molecule has 160 valence electrons. The number of halogens is 1. The van der Waals surface area contributed by atoms with Gasteiger partial charge in [-0.05, 0) is 67.8 Å². The second-order valence-electron chi connectivity index (χ2n) is 6.89. The molecule has 0 saturated heterocycles. The second-order valence-corrected chi connectivity index (χ2v) is 7.27. The largest absolute Gasteiger partial charge is 0.484 e. The number of anilines is 1. The Morgan fingerprint density at radius 3 is 2.20 bits per heavy atom. The zero-order valence-corrected chi connectivity index (χ0v) is 18.1. The van der Waals surface area contributed by atoms with Gasteiger partial charge in [-0.1, -0.05) is 24.9 Å². The maximum absolute atomic E-state index is 12.2. The van der Waals surface area contributed by atoms with Crippen LogP contribution in [-0.4, -0.2) is 24.3 Å². The van der Waals surface area contributed by atoms with Crippen LogP contribution in [0.2, 0.25) is 5.02 Å². The van der Waals surface area contributed by atoms with Gasteiger partial charge in [0.05, 0.1) is 0 Å². The fourth-order valence-corrected chi connectivity index (χ4v) is 2.75. The molecule has 0 atom stereocenters. The molecule has 0 fully saturated rings. The van der Waals surface area contributed by atoms with E-state index in [2.05, 4.69) is 16.2 Å². The van der Waals surface area contributed by atoms with E-state index in [0.29, 0.717) is 28.4 Å². The van der Waals surface area contributed by atoms with E-state index in [0.717, 1.165) is 24.0 Å². The van der Waals surface area contributed by atoms with Crippen molar-refractivity contribution >= 4 is 35.0 Å². The van der Waals surface area contributed by atoms with Crippen molar-refractivity contribution < 1.29 is 19.1 Å². The Labute approximate surface area is 181 Å². The lowest BCUT2D eigenvalue weighted by Gasteiger charge is -2.11. The highest BCUT2D eigenvalue weighted by atomic mass is 35.5. The molecule has 0 radical (unpaired) electrons. The van der Waals surface area contributed by atoms with Crippen LogP contribution in [0.15, 0.2) is 36.4 Å². The number of nitrogens with one attached hydrogen (secondary N) is 3. The predicted molar refractivity (Wildman–Crippen MR) is 117 cm³/mol. The number of carbonyl (C=O) groups is 3. The molecule has 3 N–H and O–H groups in total. The van der Waals surface area contributed by atoms with Gasteiger partial charge in [-0.3, -0.25) is 25.2 Å². The third kappa shape index (κ3) is 7.08. The van der Waals surface area contributed by atoms with E-state index >= 15 is 0 Å². The average molecular weight is 432 g/mol. The lowest BCUT2D eigenvalue weighted by molar-refractivity contribution is -0.123. The lowest BCUT2D eigenvalue weighted by atomic mass is 10.1. The van der Waals surface area contributed by atoms with Crippen molar-refractivity contribution in [2.24, 2.45) is 0 Å². The van der Waals surface area contributed by atoms with Crippen molar-refractivity contribution in [3.05, 3.63) is 58.1 Å². The van der Waals surface area contributed by atoms with Crippen LogP contribution in [0, 0.1) is 13.8 Å². The summed E-state index contributed by atoms with van der Waals surface area (Å²) in [5.41, 5.74) is 7.28. The summed E-state index contributed by atoms with van der Waals surface area (Å²) in [4.78, 5) is 35.8. The number of ether oxygens (including phenoxy) is 1. The predicted octanol–water partition coefficient (Wildman–Crippen LogP) is 3.93. The summed E-state index contributed by atoms with van der Waals surface area (Å²) in [6, 6.07) is 9.87. The molecule has 0 aliphatic rings. The highest BCUT2D eigenvalue weighted by Gasteiger charge is 2.10. The van der Waals surface area contributed by atoms with E-state index in [1.165, 1.54) is 0 Å². The molecule has 0 heterocycles. The summed E-state index contributed by atoms with van der Waals surface area (Å²) >= 11 is 6.11. The number of hydrogen-bond donors (Lipinski definition) is 3. The molecule has 0 aromatic heterocycles. The number of hydrazine groups is 1. The van der Waals surface area contributed by atoms with Gasteiger partial charge >= 0.3 is 0 Å². The molecular formula is C22H26ClN3O4. The molecule has 2 aromatic rings. The fourth-order valence-electron chi connectivity index (χ4n) is 2.64. The smallest absolute Gasteiger partial charge is 0.276 e. The molecule has 0 spiro atoms. The highest BCUT2D eigenvalue weighted by molar-refractivity contribution is 6.32. The molecule has 2 rings (SSSR count). The molecule has 0 bridgehead atoms. The number of amides is 3. The van der Waals surface area contributed by atoms with Gasteiger partial charge in [0.25, 0.3) is 11.8 Å². The Bertz CT molecular complexity index is 890. The van der Waals surface area contributed by atoms with Gasteiger partial charge in [0.2, 0.25) is 5.91 Å². The number of carbonyl (C=O) groups excluding carboxylic acids is 3. The third-order valence-electron chi connectivity index (χ3n) is 4.28. The maximum Gasteiger partial charge on any atom is 0.276 e. The van der Waals surface area contributed by atoms with Crippen LogP contribution >= 0.6 is 11.6 Å². The van der Waals surface area contributed by atoms with Crippen LogP contribution in [0.5, 0.6) is 5.75 Å². The summed E-state index contributed by atoms with van der Waals surface area (Å²) in [5.74, 6) is -0.529. The van der Waals surface area contributed by atoms with E-state index in [4.69, 9.17) is 16.3 Å².